The number of piperidine rings is 1. The minimum Gasteiger partial charge on any atom is -0.381 e. The molecule has 0 spiro atoms. The molecule has 0 atom stereocenters. The summed E-state index contributed by atoms with van der Waals surface area (Å²) in [6.07, 6.45) is 6.05. The van der Waals surface area contributed by atoms with Gasteiger partial charge in [-0.15, -0.1) is 0 Å². The van der Waals surface area contributed by atoms with Crippen LogP contribution in [0.25, 0.3) is 5.78 Å². The monoisotopic (exact) mass is 358 g/mol. The number of carbonyl (C=O) groups is 1. The topological polar surface area (TPSA) is 84.7 Å². The normalized spacial score (nSPS) is 19.8. The molecule has 2 aliphatic heterocycles. The lowest BCUT2D eigenvalue weighted by molar-refractivity contribution is -0.123. The molecule has 2 aliphatic rings. The first kappa shape index (κ1) is 17.2. The lowest BCUT2D eigenvalue weighted by Crippen LogP contribution is -2.41. The minimum absolute atomic E-state index is 0.189. The Bertz CT molecular complexity index is 762. The zero-order valence-electron chi connectivity index (χ0n) is 15.2. The van der Waals surface area contributed by atoms with E-state index < -0.39 is 0 Å². The first-order valence-electron chi connectivity index (χ1n) is 9.48. The molecule has 26 heavy (non-hydrogen) atoms. The van der Waals surface area contributed by atoms with Gasteiger partial charge in [-0.1, -0.05) is 0 Å². The highest BCUT2D eigenvalue weighted by atomic mass is 16.5. The Kier molecular flexibility index (Phi) is 5.01. The van der Waals surface area contributed by atoms with Crippen LogP contribution in [0.3, 0.4) is 0 Å². The van der Waals surface area contributed by atoms with Crippen LogP contribution >= 0.6 is 0 Å². The van der Waals surface area contributed by atoms with Crippen molar-refractivity contribution in [3.05, 3.63) is 18.1 Å². The highest BCUT2D eigenvalue weighted by Gasteiger charge is 2.25. The maximum atomic E-state index is 12.3. The van der Waals surface area contributed by atoms with Crippen LogP contribution in [0.5, 0.6) is 0 Å². The molecule has 0 aromatic carbocycles. The number of hydrogen-bond donors (Lipinski definition) is 1. The number of nitrogens with one attached hydrogen (secondary N) is 1. The van der Waals surface area contributed by atoms with Gasteiger partial charge in [0.25, 0.3) is 5.78 Å². The summed E-state index contributed by atoms with van der Waals surface area (Å²) in [6.45, 7) is 5.34. The van der Waals surface area contributed by atoms with Crippen molar-refractivity contribution in [3.8, 4) is 0 Å². The number of anilines is 1. The fraction of sp³-hybridized carbons (Fsp3) is 0.667. The summed E-state index contributed by atoms with van der Waals surface area (Å²) in [5, 5.41) is 7.47. The van der Waals surface area contributed by atoms with Crippen LogP contribution in [0.4, 0.5) is 5.82 Å². The van der Waals surface area contributed by atoms with E-state index in [4.69, 9.17) is 4.74 Å². The van der Waals surface area contributed by atoms with Crippen molar-refractivity contribution in [1.82, 2.24) is 24.9 Å². The van der Waals surface area contributed by atoms with Gasteiger partial charge in [-0.25, -0.2) is 4.98 Å². The summed E-state index contributed by atoms with van der Waals surface area (Å²) in [6, 6.07) is 2.34. The van der Waals surface area contributed by atoms with Crippen molar-refractivity contribution in [1.29, 1.82) is 0 Å². The zero-order chi connectivity index (χ0) is 17.9. The molecule has 8 heteroatoms. The fourth-order valence-corrected chi connectivity index (χ4v) is 3.89. The van der Waals surface area contributed by atoms with Gasteiger partial charge in [0.15, 0.2) is 0 Å². The molecular formula is C18H26N6O2. The van der Waals surface area contributed by atoms with Crippen LogP contribution in [0.2, 0.25) is 0 Å². The van der Waals surface area contributed by atoms with E-state index in [1.807, 2.05) is 6.92 Å². The van der Waals surface area contributed by atoms with Gasteiger partial charge in [0.05, 0.1) is 0 Å². The van der Waals surface area contributed by atoms with E-state index in [9.17, 15) is 4.79 Å². The average Bonchev–Trinajstić information content (AvgIpc) is 3.11. The number of rotatable bonds is 4. The van der Waals surface area contributed by atoms with Gasteiger partial charge in [0.1, 0.15) is 12.1 Å². The lowest BCUT2D eigenvalue weighted by atomic mass is 9.93. The van der Waals surface area contributed by atoms with E-state index in [0.29, 0.717) is 18.1 Å². The Morgan fingerprint density at radius 3 is 2.81 bits per heavy atom. The zero-order valence-corrected chi connectivity index (χ0v) is 15.2. The van der Waals surface area contributed by atoms with Gasteiger partial charge in [0, 0.05) is 50.5 Å². The Morgan fingerprint density at radius 1 is 1.27 bits per heavy atom. The molecule has 0 aliphatic carbocycles. The first-order chi connectivity index (χ1) is 12.7. The molecule has 2 fully saturated rings. The molecule has 8 nitrogen and oxygen atoms in total. The van der Waals surface area contributed by atoms with Gasteiger partial charge in [-0.05, 0) is 38.5 Å². The number of aromatic nitrogens is 4. The third kappa shape index (κ3) is 3.80. The molecule has 0 radical (unpaired) electrons. The van der Waals surface area contributed by atoms with Gasteiger partial charge in [-0.3, -0.25) is 4.79 Å². The number of carbonyl (C=O) groups excluding carboxylic acids is 1. The Balaban J connectivity index is 1.32. The quantitative estimate of drug-likeness (QED) is 0.888. The second kappa shape index (κ2) is 7.57. The molecule has 1 N–H and O–H groups in total. The van der Waals surface area contributed by atoms with E-state index in [1.165, 1.54) is 0 Å². The van der Waals surface area contributed by atoms with Crippen LogP contribution < -0.4 is 10.2 Å². The van der Waals surface area contributed by atoms with E-state index >= 15 is 0 Å². The lowest BCUT2D eigenvalue weighted by Gasteiger charge is -2.33. The molecule has 2 saturated heterocycles. The van der Waals surface area contributed by atoms with Crippen LogP contribution in [0.15, 0.2) is 12.4 Å². The number of nitrogens with zero attached hydrogens (tertiary/aromatic N) is 5. The third-order valence-electron chi connectivity index (χ3n) is 5.36. The molecular weight excluding hydrogens is 332 g/mol. The largest absolute Gasteiger partial charge is 0.381 e. The summed E-state index contributed by atoms with van der Waals surface area (Å²) in [7, 11) is 0. The van der Waals surface area contributed by atoms with Crippen molar-refractivity contribution in [2.45, 2.75) is 45.1 Å². The highest BCUT2D eigenvalue weighted by Crippen LogP contribution is 2.25. The van der Waals surface area contributed by atoms with Crippen molar-refractivity contribution >= 4 is 17.5 Å². The molecule has 4 heterocycles. The number of ether oxygens (including phenoxy) is 1. The molecule has 0 saturated carbocycles. The summed E-state index contributed by atoms with van der Waals surface area (Å²) >= 11 is 0. The Morgan fingerprint density at radius 2 is 2.04 bits per heavy atom. The number of aryl methyl sites for hydroxylation is 1. The van der Waals surface area contributed by atoms with Crippen molar-refractivity contribution < 1.29 is 9.53 Å². The predicted octanol–water partition coefficient (Wildman–Crippen LogP) is 1.33. The highest BCUT2D eigenvalue weighted by molar-refractivity contribution is 5.76. The molecule has 0 bridgehead atoms. The average molecular weight is 358 g/mol. The standard InChI is InChI=1S/C18H26N6O2/c1-13-10-17(24-18(21-13)19-12-20-24)23-6-2-14(3-7-23)11-16(25)22-15-4-8-26-9-5-15/h10,12,14-15H,2-9,11H2,1H3,(H,22,25). The Labute approximate surface area is 152 Å². The summed E-state index contributed by atoms with van der Waals surface area (Å²) in [5.41, 5.74) is 0.943. The molecule has 4 rings (SSSR count). The maximum Gasteiger partial charge on any atom is 0.254 e. The molecule has 140 valence electrons. The third-order valence-corrected chi connectivity index (χ3v) is 5.36. The molecule has 2 aromatic heterocycles. The predicted molar refractivity (Wildman–Crippen MR) is 97.1 cm³/mol. The number of hydrogen-bond acceptors (Lipinski definition) is 6. The second-order valence-corrected chi connectivity index (χ2v) is 7.32. The van der Waals surface area contributed by atoms with Crippen LogP contribution in [-0.2, 0) is 9.53 Å². The van der Waals surface area contributed by atoms with Crippen LogP contribution in [0, 0.1) is 12.8 Å². The summed E-state index contributed by atoms with van der Waals surface area (Å²) in [4.78, 5) is 23.2. The van der Waals surface area contributed by atoms with E-state index in [1.54, 1.807) is 10.8 Å². The fourth-order valence-electron chi connectivity index (χ4n) is 3.89. The maximum absolute atomic E-state index is 12.3. The van der Waals surface area contributed by atoms with Gasteiger partial charge in [0.2, 0.25) is 5.91 Å². The van der Waals surface area contributed by atoms with Gasteiger partial charge in [-0.2, -0.15) is 14.6 Å². The second-order valence-electron chi connectivity index (χ2n) is 7.32. The summed E-state index contributed by atoms with van der Waals surface area (Å²) < 4.78 is 7.14. The van der Waals surface area contributed by atoms with E-state index in [0.717, 1.165) is 63.5 Å². The van der Waals surface area contributed by atoms with E-state index in [-0.39, 0.29) is 11.9 Å². The van der Waals surface area contributed by atoms with Gasteiger partial charge >= 0.3 is 0 Å². The van der Waals surface area contributed by atoms with Gasteiger partial charge < -0.3 is 15.0 Å². The molecule has 0 unspecified atom stereocenters. The van der Waals surface area contributed by atoms with Crippen molar-refractivity contribution in [3.63, 3.8) is 0 Å². The number of amides is 1. The Hall–Kier alpha value is -2.22. The summed E-state index contributed by atoms with van der Waals surface area (Å²) in [5.74, 6) is 2.31. The van der Waals surface area contributed by atoms with Crippen LogP contribution in [0.1, 0.15) is 37.8 Å². The number of fused-ring (bicyclic) bond motifs is 1. The van der Waals surface area contributed by atoms with Crippen molar-refractivity contribution in [2.75, 3.05) is 31.2 Å². The molecule has 1 amide bonds. The smallest absolute Gasteiger partial charge is 0.254 e. The van der Waals surface area contributed by atoms with Crippen LogP contribution in [-0.4, -0.2) is 57.8 Å². The SMILES string of the molecule is Cc1cc(N2CCC(CC(=O)NC3CCOCC3)CC2)n2ncnc2n1. The van der Waals surface area contributed by atoms with Crippen molar-refractivity contribution in [2.24, 2.45) is 5.92 Å². The molecule has 2 aromatic rings. The minimum atomic E-state index is 0.189. The first-order valence-corrected chi connectivity index (χ1v) is 9.48. The van der Waals surface area contributed by atoms with E-state index in [2.05, 4.69) is 31.3 Å².